The molecule has 0 aromatic carbocycles. The minimum absolute atomic E-state index is 0. The lowest BCUT2D eigenvalue weighted by molar-refractivity contribution is -0.113. The molecule has 106 valence electrons. The highest BCUT2D eigenvalue weighted by Crippen LogP contribution is 2.22. The van der Waals surface area contributed by atoms with Gasteiger partial charge in [0.1, 0.15) is 11.9 Å². The molecule has 1 aliphatic heterocycles. The van der Waals surface area contributed by atoms with Crippen LogP contribution in [-0.4, -0.2) is 53.2 Å². The summed E-state index contributed by atoms with van der Waals surface area (Å²) in [7, 11) is 0. The van der Waals surface area contributed by atoms with Gasteiger partial charge < -0.3 is 25.0 Å². The maximum absolute atomic E-state index is 11.8. The number of likely N-dealkylation sites (tertiary alicyclic amines) is 1. The Labute approximate surface area is 107 Å². The lowest BCUT2D eigenvalue weighted by atomic mass is 9.91. The Morgan fingerprint density at radius 1 is 1.44 bits per heavy atom. The Bertz CT molecular complexity index is 287. The number of rotatable bonds is 2. The molecule has 2 atom stereocenters. The molecule has 6 nitrogen and oxygen atoms in total. The molecule has 1 heterocycles. The standard InChI is InChI=1S/C12H21NO4.H2O/c1-12(2,3)17-11(16)13-5-9(7-14)4-10(6-13)8-15;/h7,9-10,15H,4-6,8H2,1-3H3;1H2/t9-,10+;/m1./s1. The maximum atomic E-state index is 11.8. The predicted octanol–water partition coefficient (Wildman–Crippen LogP) is 0.226. The van der Waals surface area contributed by atoms with E-state index in [1.807, 2.05) is 0 Å². The van der Waals surface area contributed by atoms with Crippen molar-refractivity contribution in [2.45, 2.75) is 32.8 Å². The van der Waals surface area contributed by atoms with Crippen LogP contribution in [0.1, 0.15) is 27.2 Å². The molecule has 1 amide bonds. The summed E-state index contributed by atoms with van der Waals surface area (Å²) >= 11 is 0. The zero-order valence-electron chi connectivity index (χ0n) is 11.2. The minimum atomic E-state index is -0.542. The Morgan fingerprint density at radius 2 is 2.06 bits per heavy atom. The van der Waals surface area contributed by atoms with Crippen LogP contribution in [0.25, 0.3) is 0 Å². The number of aldehydes is 1. The minimum Gasteiger partial charge on any atom is -0.444 e. The number of hydrogen-bond acceptors (Lipinski definition) is 4. The highest BCUT2D eigenvalue weighted by molar-refractivity contribution is 5.69. The topological polar surface area (TPSA) is 98.3 Å². The van der Waals surface area contributed by atoms with Crippen molar-refractivity contribution in [3.63, 3.8) is 0 Å². The fourth-order valence-corrected chi connectivity index (χ4v) is 1.95. The first-order valence-electron chi connectivity index (χ1n) is 5.89. The molecule has 0 aliphatic carbocycles. The van der Waals surface area contributed by atoms with Gasteiger partial charge in [-0.25, -0.2) is 4.79 Å². The molecule has 1 aliphatic rings. The highest BCUT2D eigenvalue weighted by Gasteiger charge is 2.31. The van der Waals surface area contributed by atoms with Crippen LogP contribution in [0.5, 0.6) is 0 Å². The number of ether oxygens (including phenoxy) is 1. The third kappa shape index (κ3) is 5.01. The number of amides is 1. The van der Waals surface area contributed by atoms with Gasteiger partial charge in [0.25, 0.3) is 0 Å². The van der Waals surface area contributed by atoms with Gasteiger partial charge in [-0.3, -0.25) is 0 Å². The average molecular weight is 261 g/mol. The second kappa shape index (κ2) is 6.70. The summed E-state index contributed by atoms with van der Waals surface area (Å²) in [5.41, 5.74) is -0.542. The molecule has 0 spiro atoms. The second-order valence-corrected chi connectivity index (χ2v) is 5.57. The van der Waals surface area contributed by atoms with Crippen molar-refractivity contribution in [2.24, 2.45) is 11.8 Å². The summed E-state index contributed by atoms with van der Waals surface area (Å²) < 4.78 is 5.25. The quantitative estimate of drug-likeness (QED) is 0.719. The van der Waals surface area contributed by atoms with E-state index in [2.05, 4.69) is 0 Å². The van der Waals surface area contributed by atoms with Crippen molar-refractivity contribution in [3.8, 4) is 0 Å². The van der Waals surface area contributed by atoms with E-state index < -0.39 is 11.7 Å². The number of aliphatic hydroxyl groups excluding tert-OH is 1. The van der Waals surface area contributed by atoms with Gasteiger partial charge in [0.2, 0.25) is 0 Å². The average Bonchev–Trinajstić information content (AvgIpc) is 2.26. The summed E-state index contributed by atoms with van der Waals surface area (Å²) in [6.45, 7) is 6.23. The van der Waals surface area contributed by atoms with Crippen molar-refractivity contribution >= 4 is 12.4 Å². The van der Waals surface area contributed by atoms with Gasteiger partial charge in [0, 0.05) is 31.5 Å². The van der Waals surface area contributed by atoms with Gasteiger partial charge in [-0.2, -0.15) is 0 Å². The zero-order valence-corrected chi connectivity index (χ0v) is 11.2. The van der Waals surface area contributed by atoms with E-state index >= 15 is 0 Å². The molecule has 18 heavy (non-hydrogen) atoms. The third-order valence-electron chi connectivity index (χ3n) is 2.67. The Morgan fingerprint density at radius 3 is 2.50 bits per heavy atom. The van der Waals surface area contributed by atoms with Crippen LogP contribution < -0.4 is 0 Å². The molecule has 0 radical (unpaired) electrons. The molecule has 0 aromatic heterocycles. The summed E-state index contributed by atoms with van der Waals surface area (Å²) in [6, 6.07) is 0. The molecule has 0 aromatic rings. The van der Waals surface area contributed by atoms with Crippen LogP contribution in [0.15, 0.2) is 0 Å². The predicted molar refractivity (Wildman–Crippen MR) is 66.2 cm³/mol. The van der Waals surface area contributed by atoms with E-state index in [1.54, 1.807) is 20.8 Å². The summed E-state index contributed by atoms with van der Waals surface area (Å²) in [5, 5.41) is 9.14. The fourth-order valence-electron chi connectivity index (χ4n) is 1.95. The van der Waals surface area contributed by atoms with Gasteiger partial charge >= 0.3 is 6.09 Å². The van der Waals surface area contributed by atoms with Gasteiger partial charge in [-0.15, -0.1) is 0 Å². The van der Waals surface area contributed by atoms with E-state index in [1.165, 1.54) is 4.90 Å². The molecule has 0 saturated carbocycles. The van der Waals surface area contributed by atoms with Crippen LogP contribution >= 0.6 is 0 Å². The fraction of sp³-hybridized carbons (Fsp3) is 0.833. The number of piperidine rings is 1. The largest absolute Gasteiger partial charge is 0.444 e. The molecule has 6 heteroatoms. The lowest BCUT2D eigenvalue weighted by Crippen LogP contribution is -2.47. The molecule has 1 fully saturated rings. The van der Waals surface area contributed by atoms with E-state index in [9.17, 15) is 9.59 Å². The molecule has 1 rings (SSSR count). The van der Waals surface area contributed by atoms with Crippen LogP contribution in [0.4, 0.5) is 4.79 Å². The molecule has 0 bridgehead atoms. The Hall–Kier alpha value is -1.14. The smallest absolute Gasteiger partial charge is 0.410 e. The van der Waals surface area contributed by atoms with Gasteiger partial charge in [0.15, 0.2) is 0 Å². The first kappa shape index (κ1) is 16.9. The number of carbonyl (C=O) groups excluding carboxylic acids is 2. The summed E-state index contributed by atoms with van der Waals surface area (Å²) in [5.74, 6) is -0.236. The normalized spacial score (nSPS) is 24.1. The van der Waals surface area contributed by atoms with Gasteiger partial charge in [-0.1, -0.05) is 0 Å². The monoisotopic (exact) mass is 261 g/mol. The van der Waals surface area contributed by atoms with Crippen LogP contribution in [0.2, 0.25) is 0 Å². The summed E-state index contributed by atoms with van der Waals surface area (Å²) in [4.78, 5) is 24.2. The van der Waals surface area contributed by atoms with Crippen LogP contribution in [0, 0.1) is 11.8 Å². The first-order chi connectivity index (χ1) is 7.85. The summed E-state index contributed by atoms with van der Waals surface area (Å²) in [6.07, 6.45) is 1.07. The number of aliphatic hydroxyl groups is 1. The lowest BCUT2D eigenvalue weighted by Gasteiger charge is -2.35. The zero-order chi connectivity index (χ0) is 13.1. The second-order valence-electron chi connectivity index (χ2n) is 5.57. The molecule has 3 N–H and O–H groups in total. The van der Waals surface area contributed by atoms with Crippen molar-refractivity contribution in [1.82, 2.24) is 4.90 Å². The van der Waals surface area contributed by atoms with E-state index in [4.69, 9.17) is 9.84 Å². The van der Waals surface area contributed by atoms with Crippen molar-refractivity contribution < 1.29 is 24.9 Å². The van der Waals surface area contributed by atoms with Crippen molar-refractivity contribution in [2.75, 3.05) is 19.7 Å². The molecule has 0 unspecified atom stereocenters. The van der Waals surface area contributed by atoms with E-state index in [0.717, 1.165) is 6.29 Å². The maximum Gasteiger partial charge on any atom is 0.410 e. The molecule has 1 saturated heterocycles. The number of hydrogen-bond donors (Lipinski definition) is 1. The van der Waals surface area contributed by atoms with Crippen molar-refractivity contribution in [1.29, 1.82) is 0 Å². The highest BCUT2D eigenvalue weighted by atomic mass is 16.6. The number of nitrogens with zero attached hydrogens (tertiary/aromatic N) is 1. The van der Waals surface area contributed by atoms with Gasteiger partial charge in [0.05, 0.1) is 0 Å². The van der Waals surface area contributed by atoms with Crippen LogP contribution in [0.3, 0.4) is 0 Å². The first-order valence-corrected chi connectivity index (χ1v) is 5.89. The SMILES string of the molecule is CC(C)(C)OC(=O)N1C[C@H](C=O)C[C@H](CO)C1.O. The van der Waals surface area contributed by atoms with Crippen molar-refractivity contribution in [3.05, 3.63) is 0 Å². The Kier molecular flexibility index (Phi) is 6.28. The molecular formula is C12H23NO5. The van der Waals surface area contributed by atoms with Gasteiger partial charge in [-0.05, 0) is 27.2 Å². The van der Waals surface area contributed by atoms with Crippen LogP contribution in [-0.2, 0) is 9.53 Å². The third-order valence-corrected chi connectivity index (χ3v) is 2.67. The van der Waals surface area contributed by atoms with E-state index in [0.29, 0.717) is 19.5 Å². The number of carbonyl (C=O) groups is 2. The van der Waals surface area contributed by atoms with E-state index in [-0.39, 0.29) is 23.9 Å². The Balaban J connectivity index is 0.00000289. The molecular weight excluding hydrogens is 238 g/mol.